The molecule has 252 valence electrons. The second-order valence-corrected chi connectivity index (χ2v) is 15.1. The molecular formula is C38H40O6S4. The fourth-order valence-electron chi connectivity index (χ4n) is 4.82. The zero-order chi connectivity index (χ0) is 33.9. The Hall–Kier alpha value is -3.18. The molecule has 0 unspecified atom stereocenters. The van der Waals surface area contributed by atoms with Crippen molar-refractivity contribution in [2.24, 2.45) is 0 Å². The first-order valence-corrected chi connectivity index (χ1v) is 19.6. The number of ether oxygens (including phenoxy) is 4. The van der Waals surface area contributed by atoms with E-state index in [-0.39, 0.29) is 0 Å². The zero-order valence-electron chi connectivity index (χ0n) is 27.7. The lowest BCUT2D eigenvalue weighted by Crippen LogP contribution is -2.04. The quantitative estimate of drug-likeness (QED) is 0.104. The number of para-hydroxylation sites is 2. The van der Waals surface area contributed by atoms with Gasteiger partial charge in [-0.2, -0.15) is 0 Å². The van der Waals surface area contributed by atoms with Crippen molar-refractivity contribution >= 4 is 59.6 Å². The van der Waals surface area contributed by atoms with Gasteiger partial charge in [0.05, 0.1) is 65.6 Å². The number of carbonyl (C=O) groups excluding carboxylic acids is 2. The number of fused-ring (bicyclic) bond motifs is 8. The van der Waals surface area contributed by atoms with Crippen LogP contribution in [-0.4, -0.2) is 39.0 Å². The molecule has 4 aromatic carbocycles. The first-order chi connectivity index (χ1) is 23.6. The van der Waals surface area contributed by atoms with Gasteiger partial charge in [-0.15, -0.1) is 0 Å². The van der Waals surface area contributed by atoms with Crippen LogP contribution in [0.15, 0.2) is 99.8 Å². The summed E-state index contributed by atoms with van der Waals surface area (Å²) in [6.07, 6.45) is 5.02. The van der Waals surface area contributed by atoms with Crippen molar-refractivity contribution in [3.8, 4) is 23.0 Å². The fourth-order valence-corrected chi connectivity index (χ4v) is 9.40. The summed E-state index contributed by atoms with van der Waals surface area (Å²) < 4.78 is 25.8. The molecule has 0 amide bonds. The largest absolute Gasteiger partial charge is 0.491 e. The Morgan fingerprint density at radius 2 is 0.750 bits per heavy atom. The van der Waals surface area contributed by atoms with E-state index in [1.807, 2.05) is 49.4 Å². The first kappa shape index (κ1) is 36.1. The highest BCUT2D eigenvalue weighted by molar-refractivity contribution is 8.01. The van der Waals surface area contributed by atoms with Crippen LogP contribution in [0.25, 0.3) is 0 Å². The van der Waals surface area contributed by atoms with Crippen molar-refractivity contribution in [1.82, 2.24) is 0 Å². The smallest absolute Gasteiger partial charge is 0.151 e. The van der Waals surface area contributed by atoms with E-state index in [0.29, 0.717) is 58.8 Å². The molecular weight excluding hydrogens is 681 g/mol. The lowest BCUT2D eigenvalue weighted by molar-refractivity contribution is 0.111. The van der Waals surface area contributed by atoms with Crippen LogP contribution in [-0.2, 0) is 0 Å². The summed E-state index contributed by atoms with van der Waals surface area (Å²) >= 11 is 6.04. The van der Waals surface area contributed by atoms with Gasteiger partial charge in [-0.3, -0.25) is 9.59 Å². The Bertz CT molecular complexity index is 1730. The summed E-state index contributed by atoms with van der Waals surface area (Å²) in [6.45, 7) is 10.3. The van der Waals surface area contributed by atoms with E-state index in [1.54, 1.807) is 23.5 Å². The van der Waals surface area contributed by atoms with Gasteiger partial charge in [-0.25, -0.2) is 0 Å². The molecule has 1 aliphatic rings. The van der Waals surface area contributed by atoms with Gasteiger partial charge in [0, 0.05) is 11.1 Å². The highest BCUT2D eigenvalue weighted by atomic mass is 32.2. The molecule has 0 aliphatic carbocycles. The number of hydrogen-bond donors (Lipinski definition) is 0. The van der Waals surface area contributed by atoms with E-state index >= 15 is 0 Å². The Balaban J connectivity index is 1.83. The molecule has 1 aliphatic heterocycles. The van der Waals surface area contributed by atoms with E-state index in [4.69, 9.17) is 18.9 Å². The molecule has 6 nitrogen and oxygen atoms in total. The van der Waals surface area contributed by atoms with Gasteiger partial charge in [-0.1, -0.05) is 86.9 Å². The number of aldehydes is 2. The molecule has 0 saturated heterocycles. The van der Waals surface area contributed by atoms with Crippen LogP contribution >= 0.6 is 47.0 Å². The van der Waals surface area contributed by atoms with Crippen molar-refractivity contribution in [3.05, 3.63) is 71.8 Å². The van der Waals surface area contributed by atoms with Crippen LogP contribution in [0.2, 0.25) is 0 Å². The summed E-state index contributed by atoms with van der Waals surface area (Å²) in [7, 11) is 0. The number of carbonyl (C=O) groups is 2. The lowest BCUT2D eigenvalue weighted by Gasteiger charge is -2.22. The molecule has 1 heterocycles. The predicted molar refractivity (Wildman–Crippen MR) is 196 cm³/mol. The highest BCUT2D eigenvalue weighted by Gasteiger charge is 2.26. The monoisotopic (exact) mass is 720 g/mol. The minimum atomic E-state index is 0.462. The van der Waals surface area contributed by atoms with Crippen LogP contribution in [0, 0.1) is 0 Å². The van der Waals surface area contributed by atoms with Gasteiger partial charge in [-0.05, 0) is 74.2 Å². The minimum absolute atomic E-state index is 0.462. The topological polar surface area (TPSA) is 71.1 Å². The summed E-state index contributed by atoms with van der Waals surface area (Å²) in [6, 6.07) is 19.8. The number of benzene rings is 4. The SMILES string of the molecule is CCCOc1c2cccc1Sc1ccc(C=O)c(c1OCCC)Sc1ccc(C=O)c(c1OCCC)Sc1cccc(c1OCCC)S2. The van der Waals surface area contributed by atoms with Crippen molar-refractivity contribution in [1.29, 1.82) is 0 Å². The molecule has 48 heavy (non-hydrogen) atoms. The van der Waals surface area contributed by atoms with Gasteiger partial charge >= 0.3 is 0 Å². The second-order valence-electron chi connectivity index (χ2n) is 10.8. The Labute approximate surface area is 300 Å². The molecule has 0 radical (unpaired) electrons. The summed E-state index contributed by atoms with van der Waals surface area (Å²) in [4.78, 5) is 31.8. The zero-order valence-corrected chi connectivity index (χ0v) is 30.9. The molecule has 0 aromatic heterocycles. The van der Waals surface area contributed by atoms with Crippen LogP contribution in [0.3, 0.4) is 0 Å². The van der Waals surface area contributed by atoms with Gasteiger partial charge < -0.3 is 18.9 Å². The van der Waals surface area contributed by atoms with Gasteiger partial charge in [0.15, 0.2) is 12.6 Å². The van der Waals surface area contributed by atoms with Crippen LogP contribution in [0.5, 0.6) is 23.0 Å². The lowest BCUT2D eigenvalue weighted by atomic mass is 10.2. The number of rotatable bonds is 14. The van der Waals surface area contributed by atoms with E-state index in [0.717, 1.165) is 79.1 Å². The summed E-state index contributed by atoms with van der Waals surface area (Å²) in [5.41, 5.74) is 1.03. The third-order valence-corrected chi connectivity index (χ3v) is 11.5. The van der Waals surface area contributed by atoms with Crippen LogP contribution in [0.4, 0.5) is 0 Å². The van der Waals surface area contributed by atoms with Gasteiger partial charge in [0.2, 0.25) is 0 Å². The van der Waals surface area contributed by atoms with Crippen LogP contribution < -0.4 is 18.9 Å². The molecule has 5 rings (SSSR count). The Morgan fingerprint density at radius 1 is 0.438 bits per heavy atom. The third-order valence-electron chi connectivity index (χ3n) is 7.02. The molecule has 4 aromatic rings. The maximum absolute atomic E-state index is 12.5. The average molecular weight is 721 g/mol. The van der Waals surface area contributed by atoms with Crippen LogP contribution in [0.1, 0.15) is 74.1 Å². The maximum atomic E-state index is 12.5. The molecule has 8 bridgehead atoms. The van der Waals surface area contributed by atoms with Gasteiger partial charge in [0.25, 0.3) is 0 Å². The Kier molecular flexibility index (Phi) is 13.5. The average Bonchev–Trinajstić information content (AvgIpc) is 3.10. The molecule has 0 atom stereocenters. The van der Waals surface area contributed by atoms with E-state index < -0.39 is 0 Å². The molecule has 0 spiro atoms. The van der Waals surface area contributed by atoms with E-state index in [9.17, 15) is 9.59 Å². The van der Waals surface area contributed by atoms with Crippen molar-refractivity contribution < 1.29 is 28.5 Å². The summed E-state index contributed by atoms with van der Waals surface area (Å²) in [5, 5.41) is 0. The normalized spacial score (nSPS) is 12.2. The Morgan fingerprint density at radius 3 is 1.10 bits per heavy atom. The molecule has 0 fully saturated rings. The standard InChI is InChI=1S/C38H40O6S4/c1-5-19-41-33-27-11-9-12-28(33)46-31-17-15-25(23-39)37(35(31)43-21-7-3)48-32-18-16-26(24-40)38(36(32)44-22-8-4)47-30-14-10-13-29(45-27)34(30)42-20-6-2/h9-18,23-24H,5-8,19-22H2,1-4H3. The molecule has 0 saturated carbocycles. The molecule has 0 N–H and O–H groups in total. The fraction of sp³-hybridized carbons (Fsp3) is 0.316. The van der Waals surface area contributed by atoms with Crippen molar-refractivity contribution in [3.63, 3.8) is 0 Å². The second kappa shape index (κ2) is 18.0. The summed E-state index contributed by atoms with van der Waals surface area (Å²) in [5.74, 6) is 2.78. The van der Waals surface area contributed by atoms with E-state index in [1.165, 1.54) is 23.5 Å². The maximum Gasteiger partial charge on any atom is 0.151 e. The molecule has 10 heteroatoms. The minimum Gasteiger partial charge on any atom is -0.491 e. The first-order valence-electron chi connectivity index (χ1n) is 16.3. The van der Waals surface area contributed by atoms with Gasteiger partial charge in [0.1, 0.15) is 23.0 Å². The highest BCUT2D eigenvalue weighted by Crippen LogP contribution is 2.54. The predicted octanol–water partition coefficient (Wildman–Crippen LogP) is 11.4. The third kappa shape index (κ3) is 8.33. The van der Waals surface area contributed by atoms with Crippen molar-refractivity contribution in [2.45, 2.75) is 92.5 Å². The number of hydrogen-bond acceptors (Lipinski definition) is 10. The van der Waals surface area contributed by atoms with Crippen molar-refractivity contribution in [2.75, 3.05) is 26.4 Å². The van der Waals surface area contributed by atoms with E-state index in [2.05, 4.69) is 39.0 Å².